The molecule has 1 amide bonds. The Hall–Kier alpha value is -1.78. The molecule has 0 spiro atoms. The molecule has 0 saturated heterocycles. The largest absolute Gasteiger partial charge is 0.348 e. The van der Waals surface area contributed by atoms with Crippen LogP contribution in [0.4, 0.5) is 0 Å². The van der Waals surface area contributed by atoms with Crippen molar-refractivity contribution in [1.29, 1.82) is 0 Å². The maximum Gasteiger partial charge on any atom is 0.348 e. The Labute approximate surface area is 85.8 Å². The van der Waals surface area contributed by atoms with Crippen LogP contribution in [0.3, 0.4) is 0 Å². The summed E-state index contributed by atoms with van der Waals surface area (Å²) < 4.78 is 1.51. The molecule has 1 aromatic rings. The molecule has 5 nitrogen and oxygen atoms in total. The molecule has 2 heterocycles. The first-order valence-corrected chi connectivity index (χ1v) is 4.92. The number of aromatic nitrogens is 2. The lowest BCUT2D eigenvalue weighted by Gasteiger charge is -2.02. The summed E-state index contributed by atoms with van der Waals surface area (Å²) in [5.74, 6) is -0.317. The molecule has 1 aliphatic heterocycles. The van der Waals surface area contributed by atoms with Crippen molar-refractivity contribution in [3.05, 3.63) is 27.4 Å². The first-order valence-electron chi connectivity index (χ1n) is 4.92. The molecule has 0 saturated carbocycles. The number of nitrogens with zero attached hydrogens (tertiary/aromatic N) is 3. The fraction of sp³-hybridized carbons (Fsp3) is 0.400. The fourth-order valence-electron chi connectivity index (χ4n) is 1.53. The summed E-state index contributed by atoms with van der Waals surface area (Å²) in [6.45, 7) is 2.63. The summed E-state index contributed by atoms with van der Waals surface area (Å²) in [4.78, 5) is 30.0. The predicted octanol–water partition coefficient (Wildman–Crippen LogP) is -1.02. The molecule has 0 radical (unpaired) electrons. The van der Waals surface area contributed by atoms with E-state index in [1.807, 2.05) is 6.92 Å². The van der Waals surface area contributed by atoms with Crippen molar-refractivity contribution in [2.45, 2.75) is 26.3 Å². The Morgan fingerprint density at radius 1 is 1.40 bits per heavy atom. The van der Waals surface area contributed by atoms with Gasteiger partial charge in [0.1, 0.15) is 5.36 Å². The Morgan fingerprint density at radius 2 is 2.20 bits per heavy atom. The number of hydrogen-bond donors (Lipinski definition) is 0. The molecule has 0 aliphatic carbocycles. The minimum Gasteiger partial charge on any atom is -0.290 e. The SMILES string of the molecule is CCCCn1c(=O)ncc2c1=CC(=O)N=2. The van der Waals surface area contributed by atoms with Gasteiger partial charge in [-0.3, -0.25) is 9.36 Å². The first-order chi connectivity index (χ1) is 7.22. The van der Waals surface area contributed by atoms with Gasteiger partial charge in [0.15, 0.2) is 0 Å². The van der Waals surface area contributed by atoms with Crippen molar-refractivity contribution in [3.8, 4) is 0 Å². The Kier molecular flexibility index (Phi) is 2.45. The summed E-state index contributed by atoms with van der Waals surface area (Å²) >= 11 is 0. The zero-order chi connectivity index (χ0) is 10.8. The topological polar surface area (TPSA) is 64.3 Å². The Balaban J connectivity index is 2.61. The third-order valence-corrected chi connectivity index (χ3v) is 2.31. The third-order valence-electron chi connectivity index (χ3n) is 2.31. The van der Waals surface area contributed by atoms with Crippen LogP contribution in [-0.2, 0) is 11.3 Å². The van der Waals surface area contributed by atoms with Crippen LogP contribution in [0.5, 0.6) is 0 Å². The van der Waals surface area contributed by atoms with Gasteiger partial charge in [-0.1, -0.05) is 13.3 Å². The van der Waals surface area contributed by atoms with E-state index in [1.165, 1.54) is 16.8 Å². The number of carbonyl (C=O) groups excluding carboxylic acids is 1. The molecule has 0 bridgehead atoms. The van der Waals surface area contributed by atoms with Crippen molar-refractivity contribution in [2.75, 3.05) is 0 Å². The highest BCUT2D eigenvalue weighted by molar-refractivity contribution is 6.06. The van der Waals surface area contributed by atoms with Gasteiger partial charge < -0.3 is 0 Å². The van der Waals surface area contributed by atoms with Crippen LogP contribution in [0.1, 0.15) is 19.8 Å². The quantitative estimate of drug-likeness (QED) is 0.634. The number of hydrogen-bond acceptors (Lipinski definition) is 3. The zero-order valence-corrected chi connectivity index (χ0v) is 8.43. The van der Waals surface area contributed by atoms with Crippen LogP contribution >= 0.6 is 0 Å². The van der Waals surface area contributed by atoms with Crippen molar-refractivity contribution >= 4 is 12.0 Å². The molecule has 15 heavy (non-hydrogen) atoms. The van der Waals surface area contributed by atoms with Gasteiger partial charge in [0.2, 0.25) is 0 Å². The summed E-state index contributed by atoms with van der Waals surface area (Å²) in [5.41, 5.74) is -0.316. The molecular formula is C10H11N3O2. The van der Waals surface area contributed by atoms with Gasteiger partial charge in [-0.25, -0.2) is 9.79 Å². The summed E-state index contributed by atoms with van der Waals surface area (Å²) in [5, 5.41) is 1.09. The van der Waals surface area contributed by atoms with Gasteiger partial charge in [-0.15, -0.1) is 0 Å². The highest BCUT2D eigenvalue weighted by Crippen LogP contribution is 1.88. The van der Waals surface area contributed by atoms with Gasteiger partial charge in [-0.05, 0) is 6.42 Å². The molecule has 0 N–H and O–H groups in total. The second kappa shape index (κ2) is 3.76. The molecular weight excluding hydrogens is 194 g/mol. The lowest BCUT2D eigenvalue weighted by Crippen LogP contribution is -2.43. The summed E-state index contributed by atoms with van der Waals surface area (Å²) in [7, 11) is 0. The van der Waals surface area contributed by atoms with Crippen LogP contribution in [0.15, 0.2) is 16.0 Å². The Morgan fingerprint density at radius 3 is 2.93 bits per heavy atom. The summed E-state index contributed by atoms with van der Waals surface area (Å²) in [6, 6.07) is 0. The van der Waals surface area contributed by atoms with E-state index in [2.05, 4.69) is 9.98 Å². The van der Waals surface area contributed by atoms with Gasteiger partial charge in [0.25, 0.3) is 5.91 Å². The van der Waals surface area contributed by atoms with Crippen molar-refractivity contribution in [2.24, 2.45) is 4.99 Å². The zero-order valence-electron chi connectivity index (χ0n) is 8.43. The molecule has 78 valence electrons. The van der Waals surface area contributed by atoms with E-state index in [9.17, 15) is 9.59 Å². The standard InChI is InChI=1S/C10H11N3O2/c1-2-3-4-13-8-5-9(14)12-7(8)6-11-10(13)15/h5-6H,2-4H2,1H3. The summed E-state index contributed by atoms with van der Waals surface area (Å²) in [6.07, 6.45) is 4.61. The smallest absolute Gasteiger partial charge is 0.290 e. The highest BCUT2D eigenvalue weighted by Gasteiger charge is 2.08. The van der Waals surface area contributed by atoms with E-state index in [-0.39, 0.29) is 11.6 Å². The van der Waals surface area contributed by atoms with E-state index in [4.69, 9.17) is 0 Å². The van der Waals surface area contributed by atoms with Gasteiger partial charge in [-0.2, -0.15) is 4.98 Å². The molecule has 1 aliphatic rings. The lowest BCUT2D eigenvalue weighted by molar-refractivity contribution is -0.112. The number of carbonyl (C=O) groups is 1. The maximum atomic E-state index is 11.5. The normalized spacial score (nSPS) is 13.3. The number of amides is 1. The van der Waals surface area contributed by atoms with Crippen LogP contribution in [0.25, 0.3) is 6.08 Å². The maximum absolute atomic E-state index is 11.5. The van der Waals surface area contributed by atoms with E-state index in [1.54, 1.807) is 0 Å². The Bertz CT molecular complexity index is 571. The van der Waals surface area contributed by atoms with Crippen LogP contribution in [-0.4, -0.2) is 15.5 Å². The number of unbranched alkanes of at least 4 members (excludes halogenated alkanes) is 1. The minimum absolute atomic E-state index is 0.316. The monoisotopic (exact) mass is 205 g/mol. The van der Waals surface area contributed by atoms with E-state index in [0.717, 1.165) is 12.8 Å². The van der Waals surface area contributed by atoms with E-state index in [0.29, 0.717) is 17.3 Å². The van der Waals surface area contributed by atoms with Crippen molar-refractivity contribution in [3.63, 3.8) is 0 Å². The van der Waals surface area contributed by atoms with E-state index >= 15 is 0 Å². The average Bonchev–Trinajstić information content (AvgIpc) is 2.57. The molecule has 0 atom stereocenters. The van der Waals surface area contributed by atoms with Crippen molar-refractivity contribution < 1.29 is 4.79 Å². The van der Waals surface area contributed by atoms with Crippen LogP contribution in [0, 0.1) is 0 Å². The van der Waals surface area contributed by atoms with Crippen molar-refractivity contribution in [1.82, 2.24) is 9.55 Å². The third kappa shape index (κ3) is 1.72. The lowest BCUT2D eigenvalue weighted by atomic mass is 10.3. The van der Waals surface area contributed by atoms with Gasteiger partial charge in [0, 0.05) is 12.6 Å². The molecule has 0 fully saturated rings. The van der Waals surface area contributed by atoms with Gasteiger partial charge in [0.05, 0.1) is 11.5 Å². The molecule has 1 aromatic heterocycles. The molecule has 2 rings (SSSR count). The second-order valence-corrected chi connectivity index (χ2v) is 3.41. The highest BCUT2D eigenvalue weighted by atomic mass is 16.2. The first kappa shape index (κ1) is 9.76. The van der Waals surface area contributed by atoms with Gasteiger partial charge >= 0.3 is 5.69 Å². The van der Waals surface area contributed by atoms with E-state index < -0.39 is 0 Å². The van der Waals surface area contributed by atoms with Crippen LogP contribution in [0.2, 0.25) is 0 Å². The predicted molar refractivity (Wildman–Crippen MR) is 53.7 cm³/mol. The number of fused-ring (bicyclic) bond motifs is 1. The average molecular weight is 205 g/mol. The second-order valence-electron chi connectivity index (χ2n) is 3.41. The minimum atomic E-state index is -0.317. The number of rotatable bonds is 3. The molecule has 0 aromatic carbocycles. The van der Waals surface area contributed by atoms with Crippen LogP contribution < -0.4 is 16.4 Å². The molecule has 5 heteroatoms. The fourth-order valence-corrected chi connectivity index (χ4v) is 1.53. The molecule has 0 unspecified atom stereocenters.